The molecular weight excluding hydrogens is 762 g/mol. The van der Waals surface area contributed by atoms with Crippen LogP contribution < -0.4 is 5.32 Å². The predicted molar refractivity (Wildman–Crippen MR) is 226 cm³/mol. The number of amides is 1. The summed E-state index contributed by atoms with van der Waals surface area (Å²) in [5.74, 6) is -0.282. The van der Waals surface area contributed by atoms with Crippen molar-refractivity contribution in [1.82, 2.24) is 5.32 Å². The number of rotatable bonds is 30. The van der Waals surface area contributed by atoms with Crippen LogP contribution in [0.5, 0.6) is 0 Å². The number of carbonyl (C=O) groups is 1. The quantitative estimate of drug-likeness (QED) is 0.0372. The van der Waals surface area contributed by atoms with Crippen molar-refractivity contribution in [3.63, 3.8) is 0 Å². The zero-order chi connectivity index (χ0) is 43.3. The maximum Gasteiger partial charge on any atom is 0.220 e. The third-order valence-electron chi connectivity index (χ3n) is 10.1. The first-order chi connectivity index (χ1) is 28.6. The van der Waals surface area contributed by atoms with Gasteiger partial charge < -0.3 is 65.1 Å². The van der Waals surface area contributed by atoms with Crippen molar-refractivity contribution in [1.29, 1.82) is 0 Å². The molecule has 338 valence electrons. The first-order valence-electron chi connectivity index (χ1n) is 21.7. The maximum absolute atomic E-state index is 13.0. The fraction of sp³-hybridized carbons (Fsp3) is 0.711. The molecule has 59 heavy (non-hydrogen) atoms. The van der Waals surface area contributed by atoms with Crippen LogP contribution in [0.4, 0.5) is 0 Å². The smallest absolute Gasteiger partial charge is 0.220 e. The Labute approximate surface area is 351 Å². The predicted octanol–water partition coefficient (Wildman–Crippen LogP) is 3.70. The lowest BCUT2D eigenvalue weighted by molar-refractivity contribution is -0.359. The van der Waals surface area contributed by atoms with E-state index in [1.165, 1.54) is 0 Å². The van der Waals surface area contributed by atoms with Gasteiger partial charge in [0, 0.05) is 6.42 Å². The Morgan fingerprint density at radius 2 is 1.19 bits per heavy atom. The molecule has 12 atom stereocenters. The van der Waals surface area contributed by atoms with E-state index in [4.69, 9.17) is 18.9 Å². The molecular formula is C45H75NO13. The summed E-state index contributed by atoms with van der Waals surface area (Å²) in [7, 11) is 0. The van der Waals surface area contributed by atoms with Crippen LogP contribution in [0, 0.1) is 0 Å². The summed E-state index contributed by atoms with van der Waals surface area (Å²) in [6.07, 6.45) is 21.2. The van der Waals surface area contributed by atoms with Crippen molar-refractivity contribution < 1.29 is 64.6 Å². The van der Waals surface area contributed by atoms with Gasteiger partial charge in [-0.3, -0.25) is 4.79 Å². The summed E-state index contributed by atoms with van der Waals surface area (Å²) in [6, 6.07) is -0.944. The lowest BCUT2D eigenvalue weighted by Gasteiger charge is -2.46. The van der Waals surface area contributed by atoms with Gasteiger partial charge >= 0.3 is 0 Å². The minimum absolute atomic E-state index is 0.240. The lowest BCUT2D eigenvalue weighted by Crippen LogP contribution is -2.65. The normalized spacial score (nSPS) is 29.3. The van der Waals surface area contributed by atoms with Crippen molar-refractivity contribution in [2.45, 2.75) is 184 Å². The average Bonchev–Trinajstić information content (AvgIpc) is 3.23. The molecule has 2 heterocycles. The zero-order valence-electron chi connectivity index (χ0n) is 35.2. The second kappa shape index (κ2) is 32.2. The number of carbonyl (C=O) groups excluding carboxylic acids is 1. The number of unbranched alkanes of at least 4 members (excludes halogenated alkanes) is 7. The van der Waals surface area contributed by atoms with Crippen molar-refractivity contribution in [2.24, 2.45) is 0 Å². The molecule has 2 fully saturated rings. The fourth-order valence-corrected chi connectivity index (χ4v) is 6.51. The number of nitrogens with one attached hydrogen (secondary N) is 1. The molecule has 14 heteroatoms. The van der Waals surface area contributed by atoms with E-state index in [1.54, 1.807) is 6.08 Å². The molecule has 0 saturated carbocycles. The van der Waals surface area contributed by atoms with E-state index in [-0.39, 0.29) is 18.9 Å². The Morgan fingerprint density at radius 1 is 0.627 bits per heavy atom. The molecule has 0 aliphatic carbocycles. The standard InChI is InChI=1S/C45H75NO13/c1-3-5-7-9-11-13-14-15-16-17-18-19-20-21-23-25-27-29-37(50)46-33(34(49)28-26-24-22-12-10-8-6-4-2)32-56-44-42(55)40(53)43(36(31-48)58-44)59-45-41(54)39(52)38(51)35(30-47)57-45/h5,7,10-13,15-16,18-19,26,28,33-36,38-45,47-49,51-55H,3-4,6,8-9,14,17,20-25,27,29-32H2,1-2H3,(H,46,50)/b7-5-,12-10+,13-11-,16-15-,19-18-,28-26+. The van der Waals surface area contributed by atoms with Gasteiger partial charge in [0.05, 0.1) is 32.0 Å². The van der Waals surface area contributed by atoms with Crippen molar-refractivity contribution in [2.75, 3.05) is 19.8 Å². The van der Waals surface area contributed by atoms with E-state index in [9.17, 15) is 45.6 Å². The molecule has 0 bridgehead atoms. The largest absolute Gasteiger partial charge is 0.394 e. The number of hydrogen-bond acceptors (Lipinski definition) is 13. The van der Waals surface area contributed by atoms with Gasteiger partial charge in [0.15, 0.2) is 12.6 Å². The van der Waals surface area contributed by atoms with Crippen LogP contribution in [0.15, 0.2) is 72.9 Å². The van der Waals surface area contributed by atoms with E-state index < -0.39 is 86.8 Å². The molecule has 9 N–H and O–H groups in total. The number of hydrogen-bond donors (Lipinski definition) is 9. The monoisotopic (exact) mass is 838 g/mol. The minimum atomic E-state index is -1.79. The van der Waals surface area contributed by atoms with Crippen LogP contribution in [0.3, 0.4) is 0 Å². The number of ether oxygens (including phenoxy) is 4. The SMILES string of the molecule is CC/C=C\C/C=C\C/C=C\C/C=C\CCCCCCC(=O)NC(COC1OC(CO)C(OC2OC(CO)C(O)C(O)C2O)C(O)C1O)C(O)/C=C/CC/C=C/CCCC. The lowest BCUT2D eigenvalue weighted by atomic mass is 9.97. The highest BCUT2D eigenvalue weighted by Gasteiger charge is 2.50. The maximum atomic E-state index is 13.0. The van der Waals surface area contributed by atoms with Gasteiger partial charge in [-0.25, -0.2) is 0 Å². The summed E-state index contributed by atoms with van der Waals surface area (Å²) in [6.45, 7) is 2.50. The Bertz CT molecular complexity index is 1270. The van der Waals surface area contributed by atoms with E-state index in [2.05, 4.69) is 79.9 Å². The van der Waals surface area contributed by atoms with Gasteiger partial charge in [-0.05, 0) is 64.2 Å². The van der Waals surface area contributed by atoms with E-state index >= 15 is 0 Å². The van der Waals surface area contributed by atoms with Crippen molar-refractivity contribution in [3.05, 3.63) is 72.9 Å². The first kappa shape index (κ1) is 52.6. The van der Waals surface area contributed by atoms with Crippen LogP contribution in [0.25, 0.3) is 0 Å². The molecule has 0 aromatic carbocycles. The zero-order valence-corrected chi connectivity index (χ0v) is 35.2. The molecule has 0 radical (unpaired) electrons. The van der Waals surface area contributed by atoms with Crippen molar-refractivity contribution >= 4 is 5.91 Å². The number of aliphatic hydroxyl groups excluding tert-OH is 8. The summed E-state index contributed by atoms with van der Waals surface area (Å²) in [4.78, 5) is 13.0. The summed E-state index contributed by atoms with van der Waals surface area (Å²) >= 11 is 0. The van der Waals surface area contributed by atoms with Crippen LogP contribution in [-0.2, 0) is 23.7 Å². The molecule has 2 saturated heterocycles. The van der Waals surface area contributed by atoms with Gasteiger partial charge in [-0.15, -0.1) is 0 Å². The highest BCUT2D eigenvalue weighted by molar-refractivity contribution is 5.76. The summed E-state index contributed by atoms with van der Waals surface area (Å²) in [5.41, 5.74) is 0. The first-order valence-corrected chi connectivity index (χ1v) is 21.7. The molecule has 0 spiro atoms. The average molecular weight is 838 g/mol. The third-order valence-corrected chi connectivity index (χ3v) is 10.1. The fourth-order valence-electron chi connectivity index (χ4n) is 6.51. The van der Waals surface area contributed by atoms with Crippen LogP contribution in [0.2, 0.25) is 0 Å². The highest BCUT2D eigenvalue weighted by Crippen LogP contribution is 2.29. The molecule has 14 nitrogen and oxygen atoms in total. The Morgan fingerprint density at radius 3 is 1.85 bits per heavy atom. The molecule has 12 unspecified atom stereocenters. The van der Waals surface area contributed by atoms with Gasteiger partial charge in [0.1, 0.15) is 48.8 Å². The highest BCUT2D eigenvalue weighted by atomic mass is 16.7. The summed E-state index contributed by atoms with van der Waals surface area (Å²) < 4.78 is 22.5. The van der Waals surface area contributed by atoms with Crippen molar-refractivity contribution in [3.8, 4) is 0 Å². The van der Waals surface area contributed by atoms with Gasteiger partial charge in [0.25, 0.3) is 0 Å². The minimum Gasteiger partial charge on any atom is -0.394 e. The Kier molecular flexibility index (Phi) is 28.7. The molecule has 1 amide bonds. The van der Waals surface area contributed by atoms with E-state index in [0.717, 1.165) is 77.0 Å². The number of aliphatic hydroxyl groups is 8. The molecule has 2 aliphatic rings. The van der Waals surface area contributed by atoms with E-state index in [1.807, 2.05) is 6.08 Å². The number of allylic oxidation sites excluding steroid dienone is 11. The van der Waals surface area contributed by atoms with E-state index in [0.29, 0.717) is 12.8 Å². The third kappa shape index (κ3) is 20.7. The van der Waals surface area contributed by atoms with Crippen LogP contribution in [0.1, 0.15) is 110 Å². The molecule has 0 aromatic rings. The molecule has 2 rings (SSSR count). The molecule has 2 aliphatic heterocycles. The Hall–Kier alpha value is -2.57. The van der Waals surface area contributed by atoms with Crippen LogP contribution >= 0.6 is 0 Å². The van der Waals surface area contributed by atoms with Gasteiger partial charge in [0.2, 0.25) is 5.91 Å². The topological polar surface area (TPSA) is 228 Å². The van der Waals surface area contributed by atoms with Gasteiger partial charge in [-0.2, -0.15) is 0 Å². The van der Waals surface area contributed by atoms with Crippen LogP contribution in [-0.4, -0.2) is 140 Å². The second-order valence-electron chi connectivity index (χ2n) is 15.1. The summed E-state index contributed by atoms with van der Waals surface area (Å²) in [5, 5.41) is 86.1. The van der Waals surface area contributed by atoms with Gasteiger partial charge in [-0.1, -0.05) is 112 Å². The molecule has 0 aromatic heterocycles. The second-order valence-corrected chi connectivity index (χ2v) is 15.1. The Balaban J connectivity index is 1.90.